The van der Waals surface area contributed by atoms with E-state index in [1.165, 1.54) is 11.1 Å². The van der Waals surface area contributed by atoms with E-state index in [0.717, 1.165) is 55.2 Å². The summed E-state index contributed by atoms with van der Waals surface area (Å²) in [6.07, 6.45) is 0. The van der Waals surface area contributed by atoms with Crippen molar-refractivity contribution < 1.29 is 0 Å². The SMILES string of the molecule is c1ccc(-c2ccc(-c3cccc(-c4nc(-c5cccc(-c6ccccc6)c5)nc(-n5c6ccccc6c6ccccc65)n4)c3)cc2)cc1. The van der Waals surface area contributed by atoms with Gasteiger partial charge in [-0.05, 0) is 57.6 Å². The van der Waals surface area contributed by atoms with Crippen LogP contribution in [0.25, 0.3) is 83.9 Å². The molecule has 49 heavy (non-hydrogen) atoms. The standard InChI is InChI=1S/C45H30N4/c1-3-13-31(14-4-1)33-25-27-34(28-26-33)36-18-12-20-38(30-36)44-46-43(37-19-11-17-35(29-37)32-15-5-2-6-16-32)47-45(48-44)49-41-23-9-7-21-39(41)40-22-8-10-24-42(40)49/h1-30H. The minimum absolute atomic E-state index is 0.583. The second-order valence-corrected chi connectivity index (χ2v) is 12.1. The largest absolute Gasteiger partial charge is 0.278 e. The number of hydrogen-bond donors (Lipinski definition) is 0. The Hall–Kier alpha value is -6.65. The van der Waals surface area contributed by atoms with Gasteiger partial charge in [-0.1, -0.05) is 158 Å². The van der Waals surface area contributed by atoms with Crippen LogP contribution in [-0.4, -0.2) is 19.5 Å². The molecular weight excluding hydrogens is 597 g/mol. The lowest BCUT2D eigenvalue weighted by atomic mass is 9.99. The molecule has 2 aromatic heterocycles. The number of benzene rings is 7. The normalized spacial score (nSPS) is 11.3. The van der Waals surface area contributed by atoms with Gasteiger partial charge in [-0.25, -0.2) is 4.98 Å². The smallest absolute Gasteiger partial charge is 0.238 e. The molecule has 0 bridgehead atoms. The summed E-state index contributed by atoms with van der Waals surface area (Å²) in [5.74, 6) is 1.83. The molecule has 9 rings (SSSR count). The second kappa shape index (κ2) is 12.2. The zero-order chi connectivity index (χ0) is 32.6. The molecule has 0 N–H and O–H groups in total. The van der Waals surface area contributed by atoms with Crippen LogP contribution in [0.1, 0.15) is 0 Å². The highest BCUT2D eigenvalue weighted by atomic mass is 15.2. The fourth-order valence-electron chi connectivity index (χ4n) is 6.65. The Labute approximate surface area is 284 Å². The van der Waals surface area contributed by atoms with Crippen LogP contribution in [0, 0.1) is 0 Å². The first kappa shape index (κ1) is 28.6. The van der Waals surface area contributed by atoms with E-state index in [1.54, 1.807) is 0 Å². The lowest BCUT2D eigenvalue weighted by Gasteiger charge is -2.12. The van der Waals surface area contributed by atoms with E-state index < -0.39 is 0 Å². The predicted molar refractivity (Wildman–Crippen MR) is 201 cm³/mol. The molecule has 4 nitrogen and oxygen atoms in total. The highest BCUT2D eigenvalue weighted by Gasteiger charge is 2.18. The molecule has 0 atom stereocenters. The van der Waals surface area contributed by atoms with Gasteiger partial charge in [-0.15, -0.1) is 0 Å². The summed E-state index contributed by atoms with van der Waals surface area (Å²) in [6.45, 7) is 0. The Morgan fingerprint density at radius 1 is 0.286 bits per heavy atom. The van der Waals surface area contributed by atoms with E-state index in [9.17, 15) is 0 Å². The number of nitrogens with zero attached hydrogens (tertiary/aromatic N) is 4. The van der Waals surface area contributed by atoms with E-state index in [2.05, 4.69) is 174 Å². The molecule has 0 saturated heterocycles. The van der Waals surface area contributed by atoms with Gasteiger partial charge in [0.05, 0.1) is 11.0 Å². The highest BCUT2D eigenvalue weighted by molar-refractivity contribution is 6.09. The van der Waals surface area contributed by atoms with Gasteiger partial charge >= 0.3 is 0 Å². The van der Waals surface area contributed by atoms with Crippen molar-refractivity contribution in [3.8, 4) is 62.1 Å². The number of hydrogen-bond acceptors (Lipinski definition) is 3. The van der Waals surface area contributed by atoms with E-state index >= 15 is 0 Å². The first-order valence-corrected chi connectivity index (χ1v) is 16.5. The summed E-state index contributed by atoms with van der Waals surface area (Å²) in [6, 6.07) is 63.4. The minimum Gasteiger partial charge on any atom is -0.278 e. The number of para-hydroxylation sites is 2. The molecule has 0 aliphatic rings. The van der Waals surface area contributed by atoms with Gasteiger partial charge in [-0.2, -0.15) is 9.97 Å². The molecule has 0 aliphatic heterocycles. The summed E-state index contributed by atoms with van der Waals surface area (Å²) in [7, 11) is 0. The zero-order valence-corrected chi connectivity index (χ0v) is 26.6. The molecular formula is C45H30N4. The molecule has 2 heterocycles. The van der Waals surface area contributed by atoms with E-state index in [0.29, 0.717) is 17.6 Å². The van der Waals surface area contributed by atoms with Crippen LogP contribution < -0.4 is 0 Å². The first-order valence-electron chi connectivity index (χ1n) is 16.5. The Balaban J connectivity index is 1.21. The summed E-state index contributed by atoms with van der Waals surface area (Å²) >= 11 is 0. The summed E-state index contributed by atoms with van der Waals surface area (Å²) < 4.78 is 2.16. The van der Waals surface area contributed by atoms with Crippen molar-refractivity contribution in [2.75, 3.05) is 0 Å². The van der Waals surface area contributed by atoms with E-state index in [1.807, 2.05) is 12.1 Å². The molecule has 0 spiro atoms. The fraction of sp³-hybridized carbons (Fsp3) is 0. The summed E-state index contributed by atoms with van der Waals surface area (Å²) in [4.78, 5) is 15.5. The number of fused-ring (bicyclic) bond motifs is 3. The molecule has 0 radical (unpaired) electrons. The first-order chi connectivity index (χ1) is 24.3. The van der Waals surface area contributed by atoms with Crippen LogP contribution in [0.3, 0.4) is 0 Å². The van der Waals surface area contributed by atoms with Crippen LogP contribution >= 0.6 is 0 Å². The van der Waals surface area contributed by atoms with Crippen LogP contribution in [0.2, 0.25) is 0 Å². The third-order valence-corrected chi connectivity index (χ3v) is 9.08. The molecule has 4 heteroatoms. The van der Waals surface area contributed by atoms with Crippen molar-refractivity contribution >= 4 is 21.8 Å². The average Bonchev–Trinajstić information content (AvgIpc) is 3.53. The van der Waals surface area contributed by atoms with E-state index in [-0.39, 0.29) is 0 Å². The molecule has 0 amide bonds. The van der Waals surface area contributed by atoms with Crippen LogP contribution in [0.15, 0.2) is 182 Å². The van der Waals surface area contributed by atoms with E-state index in [4.69, 9.17) is 15.0 Å². The highest BCUT2D eigenvalue weighted by Crippen LogP contribution is 2.34. The van der Waals surface area contributed by atoms with Crippen molar-refractivity contribution in [1.29, 1.82) is 0 Å². The lowest BCUT2D eigenvalue weighted by molar-refractivity contribution is 0.953. The maximum atomic E-state index is 5.18. The molecule has 0 aliphatic carbocycles. The quantitative estimate of drug-likeness (QED) is 0.184. The summed E-state index contributed by atoms with van der Waals surface area (Å²) in [5.41, 5.74) is 10.8. The Morgan fingerprint density at radius 3 is 1.16 bits per heavy atom. The van der Waals surface area contributed by atoms with Crippen molar-refractivity contribution in [3.63, 3.8) is 0 Å². The molecule has 7 aromatic carbocycles. The molecule has 0 unspecified atom stereocenters. The number of aromatic nitrogens is 4. The zero-order valence-electron chi connectivity index (χ0n) is 26.6. The third kappa shape index (κ3) is 5.35. The van der Waals surface area contributed by atoms with Gasteiger partial charge in [0.15, 0.2) is 11.6 Å². The molecule has 230 valence electrons. The Morgan fingerprint density at radius 2 is 0.653 bits per heavy atom. The summed E-state index contributed by atoms with van der Waals surface area (Å²) in [5, 5.41) is 2.32. The van der Waals surface area contributed by atoms with Gasteiger partial charge in [0.25, 0.3) is 0 Å². The van der Waals surface area contributed by atoms with Crippen LogP contribution in [-0.2, 0) is 0 Å². The number of rotatable bonds is 6. The molecule has 0 saturated carbocycles. The Bertz CT molecular complexity index is 2530. The van der Waals surface area contributed by atoms with Gasteiger partial charge in [0.2, 0.25) is 5.95 Å². The topological polar surface area (TPSA) is 43.6 Å². The van der Waals surface area contributed by atoms with Gasteiger partial charge in [0.1, 0.15) is 0 Å². The monoisotopic (exact) mass is 626 g/mol. The maximum absolute atomic E-state index is 5.18. The van der Waals surface area contributed by atoms with Crippen molar-refractivity contribution in [3.05, 3.63) is 182 Å². The van der Waals surface area contributed by atoms with Crippen LogP contribution in [0.5, 0.6) is 0 Å². The maximum Gasteiger partial charge on any atom is 0.238 e. The van der Waals surface area contributed by atoms with Gasteiger partial charge < -0.3 is 0 Å². The fourth-order valence-corrected chi connectivity index (χ4v) is 6.65. The molecule has 0 fully saturated rings. The molecule has 9 aromatic rings. The van der Waals surface area contributed by atoms with Gasteiger partial charge in [-0.3, -0.25) is 4.57 Å². The average molecular weight is 627 g/mol. The second-order valence-electron chi connectivity index (χ2n) is 12.1. The van der Waals surface area contributed by atoms with Crippen molar-refractivity contribution in [2.45, 2.75) is 0 Å². The lowest BCUT2D eigenvalue weighted by Crippen LogP contribution is -2.06. The van der Waals surface area contributed by atoms with Crippen molar-refractivity contribution in [1.82, 2.24) is 19.5 Å². The third-order valence-electron chi connectivity index (χ3n) is 9.08. The van der Waals surface area contributed by atoms with Crippen LogP contribution in [0.4, 0.5) is 0 Å². The predicted octanol–water partition coefficient (Wildman–Crippen LogP) is 11.3. The van der Waals surface area contributed by atoms with Gasteiger partial charge in [0, 0.05) is 21.9 Å². The van der Waals surface area contributed by atoms with Crippen molar-refractivity contribution in [2.24, 2.45) is 0 Å². The Kier molecular flexibility index (Phi) is 7.10. The minimum atomic E-state index is 0.583.